The number of aryl methyl sites for hydroxylation is 2. The molecule has 0 unspecified atom stereocenters. The minimum Gasteiger partial charge on any atom is -0.330 e. The molecule has 0 radical (unpaired) electrons. The molecule has 3 aromatic rings. The van der Waals surface area contributed by atoms with Gasteiger partial charge in [-0.15, -0.1) is 11.3 Å². The molecule has 0 saturated carbocycles. The van der Waals surface area contributed by atoms with Gasteiger partial charge in [-0.1, -0.05) is 31.2 Å². The highest BCUT2D eigenvalue weighted by molar-refractivity contribution is 7.85. The van der Waals surface area contributed by atoms with Crippen LogP contribution in [-0.2, 0) is 26.9 Å². The minimum atomic E-state index is -4.34. The van der Waals surface area contributed by atoms with Crippen LogP contribution in [0.1, 0.15) is 42.2 Å². The van der Waals surface area contributed by atoms with E-state index in [-0.39, 0.29) is 6.61 Å². The molecule has 33 heavy (non-hydrogen) atoms. The van der Waals surface area contributed by atoms with E-state index < -0.39 is 21.9 Å². The Morgan fingerprint density at radius 2 is 1.70 bits per heavy atom. The van der Waals surface area contributed by atoms with Crippen LogP contribution in [-0.4, -0.2) is 27.8 Å². The number of benzene rings is 2. The van der Waals surface area contributed by atoms with Gasteiger partial charge in [0.15, 0.2) is 0 Å². The van der Waals surface area contributed by atoms with E-state index in [1.807, 2.05) is 19.1 Å². The van der Waals surface area contributed by atoms with E-state index >= 15 is 0 Å². The molecule has 0 bridgehead atoms. The van der Waals surface area contributed by atoms with Crippen LogP contribution in [0.25, 0.3) is 21.2 Å². The van der Waals surface area contributed by atoms with Gasteiger partial charge in [0.2, 0.25) is 0 Å². The van der Waals surface area contributed by atoms with Gasteiger partial charge in [-0.3, -0.25) is 4.18 Å². The minimum absolute atomic E-state index is 0.178. The summed E-state index contributed by atoms with van der Waals surface area (Å²) in [5.74, 6) is 0. The van der Waals surface area contributed by atoms with Crippen molar-refractivity contribution >= 4 is 31.5 Å². The molecule has 0 aliphatic heterocycles. The highest BCUT2D eigenvalue weighted by Crippen LogP contribution is 2.40. The van der Waals surface area contributed by atoms with Crippen LogP contribution in [0.15, 0.2) is 42.5 Å². The maximum Gasteiger partial charge on any atom is 0.416 e. The zero-order valence-corrected chi connectivity index (χ0v) is 20.7. The molecule has 2 aromatic carbocycles. The number of fused-ring (bicyclic) bond motifs is 1. The number of halogens is 3. The maximum atomic E-state index is 12.8. The highest BCUT2D eigenvalue weighted by Gasteiger charge is 2.30. The van der Waals surface area contributed by atoms with Crippen LogP contribution in [0.5, 0.6) is 0 Å². The van der Waals surface area contributed by atoms with Crippen LogP contribution in [0.3, 0.4) is 0 Å². The number of alkyl halides is 3. The first-order chi connectivity index (χ1) is 15.5. The van der Waals surface area contributed by atoms with Crippen molar-refractivity contribution < 1.29 is 25.8 Å². The lowest BCUT2D eigenvalue weighted by molar-refractivity contribution is -0.137. The second kappa shape index (κ2) is 12.0. The Morgan fingerprint density at radius 1 is 1.06 bits per heavy atom. The summed E-state index contributed by atoms with van der Waals surface area (Å²) in [6, 6.07) is 11.4. The van der Waals surface area contributed by atoms with Gasteiger partial charge in [0.1, 0.15) is 0 Å². The average Bonchev–Trinajstić information content (AvgIpc) is 3.07. The van der Waals surface area contributed by atoms with Gasteiger partial charge in [0.05, 0.1) is 18.4 Å². The van der Waals surface area contributed by atoms with Crippen molar-refractivity contribution in [3.63, 3.8) is 0 Å². The van der Waals surface area contributed by atoms with E-state index in [9.17, 15) is 21.6 Å². The fourth-order valence-electron chi connectivity index (χ4n) is 3.24. The molecule has 182 valence electrons. The summed E-state index contributed by atoms with van der Waals surface area (Å²) in [7, 11) is -3.40. The molecule has 1 heterocycles. The molecule has 0 fully saturated rings. The Kier molecular flexibility index (Phi) is 9.90. The zero-order chi connectivity index (χ0) is 24.6. The third kappa shape index (κ3) is 8.41. The lowest BCUT2D eigenvalue weighted by Crippen LogP contribution is -2.04. The molecule has 0 atom stereocenters. The van der Waals surface area contributed by atoms with E-state index in [2.05, 4.69) is 13.0 Å². The van der Waals surface area contributed by atoms with Gasteiger partial charge in [-0.05, 0) is 68.5 Å². The summed E-state index contributed by atoms with van der Waals surface area (Å²) < 4.78 is 66.2. The van der Waals surface area contributed by atoms with E-state index in [1.54, 1.807) is 11.3 Å². The SMILES string of the molecule is CCCN.Cc1sc2cc(CCCCOS(C)(=O)=O)ccc2c1-c1ccc(C(F)(F)F)cc1. The molecule has 0 amide bonds. The highest BCUT2D eigenvalue weighted by atomic mass is 32.2. The fourth-order valence-corrected chi connectivity index (χ4v) is 4.82. The summed E-state index contributed by atoms with van der Waals surface area (Å²) in [4.78, 5) is 1.05. The van der Waals surface area contributed by atoms with Crippen molar-refractivity contribution in [2.24, 2.45) is 5.73 Å². The molecule has 0 spiro atoms. The van der Waals surface area contributed by atoms with Gasteiger partial charge < -0.3 is 5.73 Å². The zero-order valence-electron chi connectivity index (χ0n) is 19.0. The molecule has 0 aliphatic rings. The topological polar surface area (TPSA) is 69.4 Å². The van der Waals surface area contributed by atoms with Gasteiger partial charge in [-0.25, -0.2) is 0 Å². The van der Waals surface area contributed by atoms with E-state index in [1.165, 1.54) is 12.1 Å². The van der Waals surface area contributed by atoms with Gasteiger partial charge in [0, 0.05) is 20.5 Å². The van der Waals surface area contributed by atoms with Crippen molar-refractivity contribution in [1.29, 1.82) is 0 Å². The smallest absolute Gasteiger partial charge is 0.330 e. The predicted molar refractivity (Wildman–Crippen MR) is 130 cm³/mol. The van der Waals surface area contributed by atoms with Crippen molar-refractivity contribution in [2.45, 2.75) is 45.7 Å². The molecule has 1 aromatic heterocycles. The summed E-state index contributed by atoms with van der Waals surface area (Å²) in [6.45, 7) is 5.02. The fraction of sp³-hybridized carbons (Fsp3) is 0.417. The molecule has 4 nitrogen and oxygen atoms in total. The third-order valence-electron chi connectivity index (χ3n) is 4.88. The molecule has 3 rings (SSSR count). The van der Waals surface area contributed by atoms with Crippen molar-refractivity contribution in [3.05, 3.63) is 58.5 Å². The van der Waals surface area contributed by atoms with Crippen LogP contribution < -0.4 is 5.73 Å². The lowest BCUT2D eigenvalue weighted by Gasteiger charge is -2.08. The lowest BCUT2D eigenvalue weighted by atomic mass is 9.99. The molecule has 0 saturated heterocycles. The van der Waals surface area contributed by atoms with Gasteiger partial charge in [-0.2, -0.15) is 21.6 Å². The number of rotatable bonds is 8. The van der Waals surface area contributed by atoms with E-state index in [0.29, 0.717) is 6.42 Å². The second-order valence-electron chi connectivity index (χ2n) is 7.71. The Morgan fingerprint density at radius 3 is 2.24 bits per heavy atom. The molecular weight excluding hydrogens is 471 g/mol. The Hall–Kier alpha value is -1.94. The predicted octanol–water partition coefficient (Wildman–Crippen LogP) is 6.55. The number of nitrogens with two attached hydrogens (primary N) is 1. The third-order valence-corrected chi connectivity index (χ3v) is 6.54. The van der Waals surface area contributed by atoms with E-state index in [4.69, 9.17) is 9.92 Å². The first kappa shape index (κ1) is 27.3. The monoisotopic (exact) mass is 501 g/mol. The largest absolute Gasteiger partial charge is 0.416 e. The van der Waals surface area contributed by atoms with Crippen LogP contribution in [0.4, 0.5) is 13.2 Å². The van der Waals surface area contributed by atoms with Crippen molar-refractivity contribution in [1.82, 2.24) is 0 Å². The number of hydrogen-bond donors (Lipinski definition) is 1. The van der Waals surface area contributed by atoms with Gasteiger partial charge in [0.25, 0.3) is 10.1 Å². The summed E-state index contributed by atoms with van der Waals surface area (Å²) in [5.41, 5.74) is 7.25. The summed E-state index contributed by atoms with van der Waals surface area (Å²) >= 11 is 1.62. The molecule has 0 aliphatic carbocycles. The first-order valence-corrected chi connectivity index (χ1v) is 13.3. The maximum absolute atomic E-state index is 12.8. The quantitative estimate of drug-likeness (QED) is 0.281. The molecule has 2 N–H and O–H groups in total. The summed E-state index contributed by atoms with van der Waals surface area (Å²) in [6.07, 6.45) is 0.0397. The number of hydrogen-bond acceptors (Lipinski definition) is 5. The van der Waals surface area contributed by atoms with Crippen molar-refractivity contribution in [3.8, 4) is 11.1 Å². The van der Waals surface area contributed by atoms with Crippen LogP contribution in [0, 0.1) is 6.92 Å². The first-order valence-electron chi connectivity index (χ1n) is 10.7. The van der Waals surface area contributed by atoms with Crippen molar-refractivity contribution in [2.75, 3.05) is 19.4 Å². The molecule has 9 heteroatoms. The van der Waals surface area contributed by atoms with Crippen LogP contribution >= 0.6 is 11.3 Å². The number of thiophene rings is 1. The second-order valence-corrected chi connectivity index (χ2v) is 10.6. The normalized spacial score (nSPS) is 12.0. The average molecular weight is 502 g/mol. The Labute approximate surface area is 197 Å². The Balaban J connectivity index is 0.000000890. The standard InChI is InChI=1S/C21H21F3O3S2.C3H9N/c1-14-20(16-7-9-17(10-8-16)21(22,23)24)18-11-6-15(13-19(18)28-14)5-3-4-12-27-29(2,25)26;1-2-3-4/h6-11,13H,3-5,12H2,1-2H3;2-4H2,1H3. The number of unbranched alkanes of at least 4 members (excludes halogenated alkanes) is 1. The molecular formula is C24H30F3NO3S2. The Bertz CT molecular complexity index is 1140. The van der Waals surface area contributed by atoms with Gasteiger partial charge >= 0.3 is 6.18 Å². The summed E-state index contributed by atoms with van der Waals surface area (Å²) in [5, 5.41) is 1.02. The van der Waals surface area contributed by atoms with E-state index in [0.717, 1.165) is 75.8 Å². The van der Waals surface area contributed by atoms with Crippen LogP contribution in [0.2, 0.25) is 0 Å².